The van der Waals surface area contributed by atoms with Crippen LogP contribution in [0.4, 0.5) is 20.3 Å². The van der Waals surface area contributed by atoms with Gasteiger partial charge in [0.1, 0.15) is 22.8 Å². The second-order valence-electron chi connectivity index (χ2n) is 5.37. The molecule has 0 aliphatic rings. The van der Waals surface area contributed by atoms with Crippen molar-refractivity contribution in [1.82, 2.24) is 9.38 Å². The molecule has 0 amide bonds. The Hall–Kier alpha value is -3.41. The largest absolute Gasteiger partial charge is 0.283 e. The van der Waals surface area contributed by atoms with Crippen molar-refractivity contribution in [3.63, 3.8) is 0 Å². The van der Waals surface area contributed by atoms with Crippen molar-refractivity contribution in [2.24, 2.45) is 10.2 Å². The van der Waals surface area contributed by atoms with Crippen LogP contribution in [0, 0.1) is 11.6 Å². The molecule has 4 nitrogen and oxygen atoms in total. The molecule has 0 spiro atoms. The van der Waals surface area contributed by atoms with Crippen molar-refractivity contribution < 1.29 is 8.78 Å². The van der Waals surface area contributed by atoms with Crippen LogP contribution < -0.4 is 0 Å². The van der Waals surface area contributed by atoms with E-state index in [1.807, 2.05) is 18.2 Å². The van der Waals surface area contributed by atoms with Gasteiger partial charge in [-0.1, -0.05) is 18.2 Å². The molecule has 0 radical (unpaired) electrons. The molecule has 0 bridgehead atoms. The van der Waals surface area contributed by atoms with E-state index in [-0.39, 0.29) is 11.5 Å². The van der Waals surface area contributed by atoms with E-state index < -0.39 is 5.82 Å². The van der Waals surface area contributed by atoms with Crippen molar-refractivity contribution in [1.29, 1.82) is 0 Å². The Morgan fingerprint density at radius 2 is 1.56 bits per heavy atom. The van der Waals surface area contributed by atoms with E-state index in [4.69, 9.17) is 0 Å². The Bertz CT molecular complexity index is 1070. The molecule has 2 heterocycles. The first-order valence-electron chi connectivity index (χ1n) is 7.62. The van der Waals surface area contributed by atoms with Crippen molar-refractivity contribution >= 4 is 17.2 Å². The number of pyridine rings is 1. The maximum Gasteiger partial charge on any atom is 0.187 e. The van der Waals surface area contributed by atoms with Gasteiger partial charge in [0.05, 0.1) is 0 Å². The van der Waals surface area contributed by atoms with Gasteiger partial charge in [-0.05, 0) is 48.5 Å². The third-order valence-electron chi connectivity index (χ3n) is 3.73. The zero-order chi connectivity index (χ0) is 17.2. The highest BCUT2D eigenvalue weighted by molar-refractivity contribution is 5.74. The average molecular weight is 334 g/mol. The highest BCUT2D eigenvalue weighted by atomic mass is 19.1. The summed E-state index contributed by atoms with van der Waals surface area (Å²) in [6, 6.07) is 17.6. The molecule has 0 aliphatic carbocycles. The summed E-state index contributed by atoms with van der Waals surface area (Å²) in [6.07, 6.45) is 1.80. The van der Waals surface area contributed by atoms with Gasteiger partial charge in [0.2, 0.25) is 0 Å². The lowest BCUT2D eigenvalue weighted by Gasteiger charge is -2.00. The molecule has 0 saturated carbocycles. The molecule has 6 heteroatoms. The minimum atomic E-state index is -0.455. The lowest BCUT2D eigenvalue weighted by Crippen LogP contribution is -1.82. The fourth-order valence-electron chi connectivity index (χ4n) is 2.51. The lowest BCUT2D eigenvalue weighted by molar-refractivity contribution is 0.627. The Balaban J connectivity index is 1.88. The van der Waals surface area contributed by atoms with Gasteiger partial charge >= 0.3 is 0 Å². The normalized spacial score (nSPS) is 11.4. The van der Waals surface area contributed by atoms with Gasteiger partial charge in [-0.25, -0.2) is 13.8 Å². The highest BCUT2D eigenvalue weighted by Crippen LogP contribution is 2.32. The summed E-state index contributed by atoms with van der Waals surface area (Å²) >= 11 is 0. The quantitative estimate of drug-likeness (QED) is 0.443. The maximum absolute atomic E-state index is 13.8. The maximum atomic E-state index is 13.8. The second-order valence-corrected chi connectivity index (χ2v) is 5.37. The van der Waals surface area contributed by atoms with E-state index in [0.29, 0.717) is 22.7 Å². The molecule has 122 valence electrons. The van der Waals surface area contributed by atoms with Crippen LogP contribution in [0.5, 0.6) is 0 Å². The zero-order valence-electron chi connectivity index (χ0n) is 13.0. The number of hydrogen-bond acceptors (Lipinski definition) is 3. The summed E-state index contributed by atoms with van der Waals surface area (Å²) in [5.74, 6) is -0.337. The van der Waals surface area contributed by atoms with E-state index in [9.17, 15) is 8.78 Å². The number of benzene rings is 2. The van der Waals surface area contributed by atoms with Crippen LogP contribution in [0.15, 0.2) is 83.2 Å². The number of fused-ring (bicyclic) bond motifs is 1. The second kappa shape index (κ2) is 6.24. The molecule has 0 N–H and O–H groups in total. The lowest BCUT2D eigenvalue weighted by atomic mass is 10.1. The molecule has 0 unspecified atom stereocenters. The van der Waals surface area contributed by atoms with Crippen molar-refractivity contribution in [2.75, 3.05) is 0 Å². The topological polar surface area (TPSA) is 42.0 Å². The first kappa shape index (κ1) is 15.1. The summed E-state index contributed by atoms with van der Waals surface area (Å²) in [6.45, 7) is 0. The van der Waals surface area contributed by atoms with E-state index >= 15 is 0 Å². The SMILES string of the molecule is Fc1ccc(-c2nc3ccccn3c2N=Nc2ccccc2F)cc1. The highest BCUT2D eigenvalue weighted by Gasteiger charge is 2.14. The molecule has 4 aromatic rings. The van der Waals surface area contributed by atoms with E-state index in [2.05, 4.69) is 15.2 Å². The average Bonchev–Trinajstić information content (AvgIpc) is 3.00. The van der Waals surface area contributed by atoms with Gasteiger partial charge in [0.15, 0.2) is 11.6 Å². The predicted octanol–water partition coefficient (Wildman–Crippen LogP) is 5.69. The number of imidazole rings is 1. The summed E-state index contributed by atoms with van der Waals surface area (Å²) < 4.78 is 28.7. The summed E-state index contributed by atoms with van der Waals surface area (Å²) in [5.41, 5.74) is 2.06. The molecule has 4 rings (SSSR count). The van der Waals surface area contributed by atoms with Gasteiger partial charge in [0.25, 0.3) is 0 Å². The van der Waals surface area contributed by atoms with Crippen LogP contribution in [0.25, 0.3) is 16.9 Å². The standard InChI is InChI=1S/C19H12F2N4/c20-14-10-8-13(9-11-14)18-19(25-12-4-3-7-17(25)22-18)24-23-16-6-2-1-5-15(16)21/h1-12H. The summed E-state index contributed by atoms with van der Waals surface area (Å²) in [7, 11) is 0. The van der Waals surface area contributed by atoms with Gasteiger partial charge < -0.3 is 0 Å². The van der Waals surface area contributed by atoms with Crippen LogP contribution in [-0.2, 0) is 0 Å². The molecular weight excluding hydrogens is 322 g/mol. The van der Waals surface area contributed by atoms with Gasteiger partial charge in [-0.3, -0.25) is 4.40 Å². The molecule has 2 aromatic heterocycles. The number of rotatable bonds is 3. The van der Waals surface area contributed by atoms with Crippen LogP contribution in [0.1, 0.15) is 0 Å². The third-order valence-corrected chi connectivity index (χ3v) is 3.73. The Morgan fingerprint density at radius 1 is 0.800 bits per heavy atom. The van der Waals surface area contributed by atoms with Crippen molar-refractivity contribution in [2.45, 2.75) is 0 Å². The molecule has 0 saturated heterocycles. The fraction of sp³-hybridized carbons (Fsp3) is 0. The monoisotopic (exact) mass is 334 g/mol. The molecule has 25 heavy (non-hydrogen) atoms. The number of hydrogen-bond donors (Lipinski definition) is 0. The van der Waals surface area contributed by atoms with Gasteiger partial charge in [0, 0.05) is 11.8 Å². The first-order chi connectivity index (χ1) is 12.2. The van der Waals surface area contributed by atoms with Crippen LogP contribution in [0.3, 0.4) is 0 Å². The van der Waals surface area contributed by atoms with Gasteiger partial charge in [-0.2, -0.15) is 0 Å². The minimum absolute atomic E-state index is 0.137. The Kier molecular flexibility index (Phi) is 3.78. The molecule has 2 aromatic carbocycles. The van der Waals surface area contributed by atoms with E-state index in [1.165, 1.54) is 18.2 Å². The molecule has 0 atom stereocenters. The minimum Gasteiger partial charge on any atom is -0.283 e. The zero-order valence-corrected chi connectivity index (χ0v) is 13.0. The summed E-state index contributed by atoms with van der Waals surface area (Å²) in [5, 5.41) is 8.23. The fourth-order valence-corrected chi connectivity index (χ4v) is 2.51. The smallest absolute Gasteiger partial charge is 0.187 e. The number of nitrogens with zero attached hydrogens (tertiary/aromatic N) is 4. The summed E-state index contributed by atoms with van der Waals surface area (Å²) in [4.78, 5) is 4.54. The van der Waals surface area contributed by atoms with E-state index in [0.717, 1.165) is 0 Å². The molecule has 0 fully saturated rings. The number of aromatic nitrogens is 2. The predicted molar refractivity (Wildman–Crippen MR) is 91.2 cm³/mol. The third kappa shape index (κ3) is 2.89. The number of halogens is 2. The van der Waals surface area contributed by atoms with Crippen LogP contribution in [0.2, 0.25) is 0 Å². The Labute approximate surface area is 142 Å². The van der Waals surface area contributed by atoms with E-state index in [1.54, 1.807) is 40.9 Å². The van der Waals surface area contributed by atoms with Crippen molar-refractivity contribution in [3.05, 3.63) is 84.6 Å². The Morgan fingerprint density at radius 3 is 2.36 bits per heavy atom. The van der Waals surface area contributed by atoms with Crippen LogP contribution in [-0.4, -0.2) is 9.38 Å². The number of azo groups is 1. The van der Waals surface area contributed by atoms with Gasteiger partial charge in [-0.15, -0.1) is 10.2 Å². The first-order valence-corrected chi connectivity index (χ1v) is 7.62. The molecular formula is C19H12F2N4. The molecule has 0 aliphatic heterocycles. The van der Waals surface area contributed by atoms with Crippen molar-refractivity contribution in [3.8, 4) is 11.3 Å². The van der Waals surface area contributed by atoms with Crippen LogP contribution >= 0.6 is 0 Å².